The van der Waals surface area contributed by atoms with Crippen LogP contribution in [0.5, 0.6) is 0 Å². The molecular weight excluding hydrogens is 329 g/mol. The normalized spacial score (nSPS) is 21.7. The number of hydrogen-bond donors (Lipinski definition) is 1. The molecule has 1 fully saturated rings. The van der Waals surface area contributed by atoms with Crippen molar-refractivity contribution in [2.45, 2.75) is 44.4 Å². The summed E-state index contributed by atoms with van der Waals surface area (Å²) in [4.78, 5) is 13.7. The summed E-state index contributed by atoms with van der Waals surface area (Å²) in [6.07, 6.45) is -4.33. The predicted molar refractivity (Wildman–Crippen MR) is 85.2 cm³/mol. The first kappa shape index (κ1) is 19.8. The molecule has 0 radical (unpaired) electrons. The zero-order chi connectivity index (χ0) is 16.5. The second kappa shape index (κ2) is 7.09. The van der Waals surface area contributed by atoms with Crippen LogP contribution >= 0.6 is 12.4 Å². The molecule has 130 valence electrons. The van der Waals surface area contributed by atoms with E-state index in [2.05, 4.69) is 0 Å². The van der Waals surface area contributed by atoms with E-state index in [9.17, 15) is 18.0 Å². The molecule has 2 rings (SSSR count). The summed E-state index contributed by atoms with van der Waals surface area (Å²) in [6, 6.07) is 8.60. The maximum Gasteiger partial charge on any atom is 0.394 e. The molecule has 1 aliphatic heterocycles. The number of nitrogens with two attached hydrogens (primary N) is 1. The van der Waals surface area contributed by atoms with Crippen LogP contribution in [0.25, 0.3) is 0 Å². The van der Waals surface area contributed by atoms with Gasteiger partial charge in [0, 0.05) is 24.5 Å². The van der Waals surface area contributed by atoms with Crippen molar-refractivity contribution in [1.82, 2.24) is 4.90 Å². The Labute approximate surface area is 140 Å². The van der Waals surface area contributed by atoms with Crippen LogP contribution in [-0.4, -0.2) is 29.1 Å². The maximum absolute atomic E-state index is 13.1. The number of carbonyl (C=O) groups is 1. The molecule has 0 spiro atoms. The van der Waals surface area contributed by atoms with E-state index in [1.165, 1.54) is 18.7 Å². The van der Waals surface area contributed by atoms with Crippen molar-refractivity contribution in [3.05, 3.63) is 35.9 Å². The zero-order valence-electron chi connectivity index (χ0n) is 13.1. The van der Waals surface area contributed by atoms with Crippen LogP contribution in [0.3, 0.4) is 0 Å². The highest BCUT2D eigenvalue weighted by Gasteiger charge is 2.56. The van der Waals surface area contributed by atoms with Gasteiger partial charge in [-0.3, -0.25) is 4.79 Å². The van der Waals surface area contributed by atoms with Crippen LogP contribution < -0.4 is 5.73 Å². The van der Waals surface area contributed by atoms with Gasteiger partial charge in [-0.05, 0) is 25.8 Å². The Balaban J connectivity index is 0.00000264. The number of nitrogens with zero attached hydrogens (tertiary/aromatic N) is 1. The first-order valence-corrected chi connectivity index (χ1v) is 7.31. The molecule has 0 saturated carbocycles. The smallest absolute Gasteiger partial charge is 0.337 e. The number of carbonyl (C=O) groups excluding carboxylic acids is 1. The molecule has 1 aliphatic rings. The molecule has 7 heteroatoms. The molecule has 1 heterocycles. The molecule has 3 nitrogen and oxygen atoms in total. The molecule has 2 N–H and O–H groups in total. The van der Waals surface area contributed by atoms with Gasteiger partial charge in [-0.25, -0.2) is 0 Å². The molecule has 2 atom stereocenters. The van der Waals surface area contributed by atoms with Crippen molar-refractivity contribution in [1.29, 1.82) is 0 Å². The summed E-state index contributed by atoms with van der Waals surface area (Å²) in [7, 11) is 0. The van der Waals surface area contributed by atoms with E-state index in [1.54, 1.807) is 0 Å². The molecule has 0 aliphatic carbocycles. The third-order valence-electron chi connectivity index (χ3n) is 4.51. The quantitative estimate of drug-likeness (QED) is 0.903. The van der Waals surface area contributed by atoms with E-state index in [0.29, 0.717) is 0 Å². The Morgan fingerprint density at radius 1 is 1.35 bits per heavy atom. The monoisotopic (exact) mass is 350 g/mol. The lowest BCUT2D eigenvalue weighted by Gasteiger charge is -2.37. The standard InChI is InChI=1S/C16H21F3N2O.ClH/c1-15(2)13(16(17,18)19)8-9-21(15)14(22)10-12(20)11-6-4-3-5-7-11;/h3-7,12-13H,8-10,20H2,1-2H3;1H. The van der Waals surface area contributed by atoms with Gasteiger partial charge >= 0.3 is 6.18 Å². The number of benzene rings is 1. The van der Waals surface area contributed by atoms with Crippen molar-refractivity contribution in [2.75, 3.05) is 6.54 Å². The second-order valence-electron chi connectivity index (χ2n) is 6.30. The zero-order valence-corrected chi connectivity index (χ0v) is 14.0. The lowest BCUT2D eigenvalue weighted by atomic mass is 9.87. The van der Waals surface area contributed by atoms with E-state index in [1.807, 2.05) is 30.3 Å². The lowest BCUT2D eigenvalue weighted by Crippen LogP contribution is -2.50. The molecule has 0 aromatic heterocycles. The summed E-state index contributed by atoms with van der Waals surface area (Å²) in [5.41, 5.74) is 5.58. The van der Waals surface area contributed by atoms with Gasteiger partial charge in [0.15, 0.2) is 0 Å². The van der Waals surface area contributed by atoms with Gasteiger partial charge in [-0.2, -0.15) is 13.2 Å². The second-order valence-corrected chi connectivity index (χ2v) is 6.30. The van der Waals surface area contributed by atoms with Crippen LogP contribution in [0.4, 0.5) is 13.2 Å². The first-order chi connectivity index (χ1) is 10.1. The van der Waals surface area contributed by atoms with Gasteiger partial charge in [0.25, 0.3) is 0 Å². The minimum Gasteiger partial charge on any atom is -0.337 e. The van der Waals surface area contributed by atoms with Crippen LogP contribution in [0.15, 0.2) is 30.3 Å². The molecule has 1 saturated heterocycles. The third-order valence-corrected chi connectivity index (χ3v) is 4.51. The number of amides is 1. The topological polar surface area (TPSA) is 46.3 Å². The van der Waals surface area contributed by atoms with Gasteiger partial charge < -0.3 is 10.6 Å². The SMILES string of the molecule is CC1(C)C(C(F)(F)F)CCN1C(=O)CC(N)c1ccccc1.Cl. The van der Waals surface area contributed by atoms with Crippen LogP contribution in [0.2, 0.25) is 0 Å². The average molecular weight is 351 g/mol. The summed E-state index contributed by atoms with van der Waals surface area (Å²) in [6.45, 7) is 3.08. The van der Waals surface area contributed by atoms with Crippen molar-refractivity contribution in [3.8, 4) is 0 Å². The summed E-state index contributed by atoms with van der Waals surface area (Å²) in [5.74, 6) is -1.81. The Hall–Kier alpha value is -1.27. The largest absolute Gasteiger partial charge is 0.394 e. The first-order valence-electron chi connectivity index (χ1n) is 7.31. The number of halogens is 4. The molecule has 0 bridgehead atoms. The highest BCUT2D eigenvalue weighted by atomic mass is 35.5. The predicted octanol–water partition coefficient (Wildman–Crippen LogP) is 3.69. The van der Waals surface area contributed by atoms with Gasteiger partial charge in [-0.1, -0.05) is 30.3 Å². The molecule has 1 amide bonds. The van der Waals surface area contributed by atoms with E-state index >= 15 is 0 Å². The van der Waals surface area contributed by atoms with Crippen LogP contribution in [0, 0.1) is 5.92 Å². The van der Waals surface area contributed by atoms with E-state index < -0.39 is 23.7 Å². The molecule has 1 aromatic rings. The number of rotatable bonds is 3. The highest BCUT2D eigenvalue weighted by Crippen LogP contribution is 2.45. The van der Waals surface area contributed by atoms with Crippen molar-refractivity contribution >= 4 is 18.3 Å². The number of hydrogen-bond acceptors (Lipinski definition) is 2. The summed E-state index contributed by atoms with van der Waals surface area (Å²) >= 11 is 0. The maximum atomic E-state index is 13.1. The number of likely N-dealkylation sites (tertiary alicyclic amines) is 1. The highest BCUT2D eigenvalue weighted by molar-refractivity contribution is 5.85. The van der Waals surface area contributed by atoms with Crippen molar-refractivity contribution in [3.63, 3.8) is 0 Å². The Morgan fingerprint density at radius 2 is 1.91 bits per heavy atom. The van der Waals surface area contributed by atoms with Gasteiger partial charge in [0.05, 0.1) is 5.92 Å². The average Bonchev–Trinajstić information content (AvgIpc) is 2.74. The molecular formula is C16H22ClF3N2O. The molecule has 2 unspecified atom stereocenters. The van der Waals surface area contributed by atoms with E-state index in [4.69, 9.17) is 5.73 Å². The van der Waals surface area contributed by atoms with Crippen molar-refractivity contribution in [2.24, 2.45) is 11.7 Å². The fourth-order valence-electron chi connectivity index (χ4n) is 3.21. The van der Waals surface area contributed by atoms with Crippen molar-refractivity contribution < 1.29 is 18.0 Å². The summed E-state index contributed by atoms with van der Waals surface area (Å²) in [5, 5.41) is 0. The minimum absolute atomic E-state index is 0. The molecule has 23 heavy (non-hydrogen) atoms. The Morgan fingerprint density at radius 3 is 2.39 bits per heavy atom. The Kier molecular flexibility index (Phi) is 6.10. The van der Waals surface area contributed by atoms with E-state index in [0.717, 1.165) is 5.56 Å². The minimum atomic E-state index is -4.29. The third kappa shape index (κ3) is 4.18. The van der Waals surface area contributed by atoms with Crippen LogP contribution in [0.1, 0.15) is 38.3 Å². The summed E-state index contributed by atoms with van der Waals surface area (Å²) < 4.78 is 39.2. The van der Waals surface area contributed by atoms with Gasteiger partial charge in [-0.15, -0.1) is 12.4 Å². The lowest BCUT2D eigenvalue weighted by molar-refractivity contribution is -0.192. The van der Waals surface area contributed by atoms with E-state index in [-0.39, 0.29) is 37.7 Å². The van der Waals surface area contributed by atoms with Crippen LogP contribution in [-0.2, 0) is 4.79 Å². The molecule has 1 aromatic carbocycles. The fourth-order valence-corrected chi connectivity index (χ4v) is 3.21. The van der Waals surface area contributed by atoms with Gasteiger partial charge in [0.1, 0.15) is 0 Å². The number of alkyl halides is 3. The Bertz CT molecular complexity index is 534. The fraction of sp³-hybridized carbons (Fsp3) is 0.562. The van der Waals surface area contributed by atoms with Gasteiger partial charge in [0.2, 0.25) is 5.91 Å².